The number of nitrogens with zero attached hydrogens (tertiary/aromatic N) is 3. The van der Waals surface area contributed by atoms with E-state index in [1.165, 1.54) is 12.8 Å². The molecule has 3 aliphatic rings. The summed E-state index contributed by atoms with van der Waals surface area (Å²) < 4.78 is 10.7. The molecule has 1 aromatic heterocycles. The number of carbonyl (C=O) groups excluding carboxylic acids is 1. The van der Waals surface area contributed by atoms with E-state index < -0.39 is 0 Å². The number of amides is 1. The summed E-state index contributed by atoms with van der Waals surface area (Å²) in [6, 6.07) is 5.17. The fourth-order valence-corrected chi connectivity index (χ4v) is 4.51. The Balaban J connectivity index is 1.41. The molecule has 7 nitrogen and oxygen atoms in total. The molecule has 1 fully saturated rings. The van der Waals surface area contributed by atoms with Crippen LogP contribution in [0.1, 0.15) is 60.8 Å². The summed E-state index contributed by atoms with van der Waals surface area (Å²) in [5.74, 6) is 1.98. The van der Waals surface area contributed by atoms with Gasteiger partial charge in [-0.2, -0.15) is 0 Å². The van der Waals surface area contributed by atoms with Crippen molar-refractivity contribution in [2.75, 3.05) is 24.8 Å². The van der Waals surface area contributed by atoms with Crippen LogP contribution in [0.5, 0.6) is 11.5 Å². The van der Waals surface area contributed by atoms with Gasteiger partial charge in [-0.25, -0.2) is 9.97 Å². The molecule has 1 saturated heterocycles. The molecule has 7 heteroatoms. The quantitative estimate of drug-likeness (QED) is 0.861. The molecule has 29 heavy (non-hydrogen) atoms. The number of rotatable bonds is 3. The summed E-state index contributed by atoms with van der Waals surface area (Å²) in [4.78, 5) is 24.7. The Kier molecular flexibility index (Phi) is 4.33. The number of anilines is 1. The third-order valence-corrected chi connectivity index (χ3v) is 5.99. The molecule has 1 amide bonds. The number of aromatic nitrogens is 2. The Morgan fingerprint density at radius 3 is 2.83 bits per heavy atom. The molecule has 0 unspecified atom stereocenters. The third-order valence-electron chi connectivity index (χ3n) is 5.99. The zero-order chi connectivity index (χ0) is 20.0. The summed E-state index contributed by atoms with van der Waals surface area (Å²) in [6.45, 7) is 6.70. The summed E-state index contributed by atoms with van der Waals surface area (Å²) in [5, 5.41) is 3.20. The van der Waals surface area contributed by atoms with E-state index in [1.54, 1.807) is 18.2 Å². The van der Waals surface area contributed by atoms with E-state index in [4.69, 9.17) is 14.5 Å². The van der Waals surface area contributed by atoms with Gasteiger partial charge in [0.25, 0.3) is 5.91 Å². The number of nitrogens with one attached hydrogen (secondary N) is 1. The van der Waals surface area contributed by atoms with Crippen molar-refractivity contribution in [3.63, 3.8) is 0 Å². The smallest absolute Gasteiger partial charge is 0.251 e. The van der Waals surface area contributed by atoms with Crippen LogP contribution in [-0.2, 0) is 6.42 Å². The molecule has 2 aromatic rings. The molecule has 1 atom stereocenters. The highest BCUT2D eigenvalue weighted by Gasteiger charge is 2.35. The zero-order valence-corrected chi connectivity index (χ0v) is 16.9. The molecular weight excluding hydrogens is 368 g/mol. The predicted molar refractivity (Wildman–Crippen MR) is 108 cm³/mol. The van der Waals surface area contributed by atoms with Gasteiger partial charge in [-0.15, -0.1) is 0 Å². The third kappa shape index (κ3) is 3.50. The van der Waals surface area contributed by atoms with Crippen LogP contribution in [0.15, 0.2) is 24.4 Å². The van der Waals surface area contributed by atoms with Crippen LogP contribution in [-0.4, -0.2) is 35.8 Å². The molecule has 1 aromatic carbocycles. The fourth-order valence-electron chi connectivity index (χ4n) is 4.51. The number of fused-ring (bicyclic) bond motifs is 2. The first-order chi connectivity index (χ1) is 14.0. The van der Waals surface area contributed by atoms with Crippen LogP contribution in [0.3, 0.4) is 0 Å². The van der Waals surface area contributed by atoms with Crippen molar-refractivity contribution in [3.05, 3.63) is 41.2 Å². The summed E-state index contributed by atoms with van der Waals surface area (Å²) in [5.41, 5.74) is 2.69. The van der Waals surface area contributed by atoms with Crippen molar-refractivity contribution in [2.24, 2.45) is 5.41 Å². The first-order valence-corrected chi connectivity index (χ1v) is 10.3. The van der Waals surface area contributed by atoms with E-state index in [2.05, 4.69) is 29.0 Å². The summed E-state index contributed by atoms with van der Waals surface area (Å²) >= 11 is 0. The van der Waals surface area contributed by atoms with E-state index >= 15 is 0 Å². The molecule has 1 N–H and O–H groups in total. The van der Waals surface area contributed by atoms with Gasteiger partial charge < -0.3 is 19.7 Å². The molecule has 0 bridgehead atoms. The molecular formula is C22H26N4O3. The number of carbonyl (C=O) groups is 1. The van der Waals surface area contributed by atoms with Crippen molar-refractivity contribution >= 4 is 11.9 Å². The molecule has 5 rings (SSSR count). The minimum absolute atomic E-state index is 0.0520. The van der Waals surface area contributed by atoms with Gasteiger partial charge in [0, 0.05) is 30.4 Å². The molecule has 2 aliphatic heterocycles. The number of hydrogen-bond donors (Lipinski definition) is 1. The normalized spacial score (nSPS) is 21.7. The maximum Gasteiger partial charge on any atom is 0.251 e. The Morgan fingerprint density at radius 1 is 1.21 bits per heavy atom. The topological polar surface area (TPSA) is 76.6 Å². The highest BCUT2D eigenvalue weighted by Crippen LogP contribution is 2.40. The molecule has 0 radical (unpaired) electrons. The van der Waals surface area contributed by atoms with E-state index in [-0.39, 0.29) is 24.2 Å². The summed E-state index contributed by atoms with van der Waals surface area (Å²) in [6.07, 6.45) is 6.04. The van der Waals surface area contributed by atoms with Crippen molar-refractivity contribution in [1.82, 2.24) is 15.3 Å². The summed E-state index contributed by atoms with van der Waals surface area (Å²) in [7, 11) is 0. The number of hydrogen-bond acceptors (Lipinski definition) is 6. The molecule has 0 spiro atoms. The van der Waals surface area contributed by atoms with E-state index in [0.717, 1.165) is 43.1 Å². The minimum Gasteiger partial charge on any atom is -0.454 e. The van der Waals surface area contributed by atoms with Gasteiger partial charge in [0.2, 0.25) is 12.7 Å². The Labute approximate surface area is 170 Å². The van der Waals surface area contributed by atoms with Crippen LogP contribution in [0.25, 0.3) is 0 Å². The lowest BCUT2D eigenvalue weighted by molar-refractivity contribution is 0.0918. The molecule has 0 saturated carbocycles. The van der Waals surface area contributed by atoms with Gasteiger partial charge in [0.15, 0.2) is 11.5 Å². The lowest BCUT2D eigenvalue weighted by Crippen LogP contribution is -2.37. The highest BCUT2D eigenvalue weighted by molar-refractivity contribution is 5.95. The lowest BCUT2D eigenvalue weighted by atomic mass is 9.74. The Bertz CT molecular complexity index is 953. The monoisotopic (exact) mass is 394 g/mol. The predicted octanol–water partition coefficient (Wildman–Crippen LogP) is 3.25. The van der Waals surface area contributed by atoms with Gasteiger partial charge in [0.1, 0.15) is 0 Å². The molecule has 1 aliphatic carbocycles. The van der Waals surface area contributed by atoms with E-state index in [1.807, 2.05) is 6.20 Å². The second kappa shape index (κ2) is 6.90. The fraction of sp³-hybridized carbons (Fsp3) is 0.500. The average molecular weight is 394 g/mol. The highest BCUT2D eigenvalue weighted by atomic mass is 16.7. The maximum atomic E-state index is 13.0. The Morgan fingerprint density at radius 2 is 2.00 bits per heavy atom. The van der Waals surface area contributed by atoms with Crippen LogP contribution in [0, 0.1) is 5.41 Å². The second-order valence-electron chi connectivity index (χ2n) is 8.91. The SMILES string of the molecule is CC1(C)Cc2nc(N3CCCC3)ncc2[C@H](NC(=O)c2ccc3c(c2)OCO3)C1. The largest absolute Gasteiger partial charge is 0.454 e. The second-order valence-corrected chi connectivity index (χ2v) is 8.91. The maximum absolute atomic E-state index is 13.0. The van der Waals surface area contributed by atoms with Crippen molar-refractivity contribution < 1.29 is 14.3 Å². The van der Waals surface area contributed by atoms with Crippen LogP contribution < -0.4 is 19.7 Å². The van der Waals surface area contributed by atoms with Crippen LogP contribution >= 0.6 is 0 Å². The van der Waals surface area contributed by atoms with Gasteiger partial charge in [-0.1, -0.05) is 13.8 Å². The number of benzene rings is 1. The van der Waals surface area contributed by atoms with Crippen molar-refractivity contribution in [2.45, 2.75) is 45.6 Å². The zero-order valence-electron chi connectivity index (χ0n) is 16.9. The van der Waals surface area contributed by atoms with Gasteiger partial charge >= 0.3 is 0 Å². The van der Waals surface area contributed by atoms with Crippen LogP contribution in [0.4, 0.5) is 5.95 Å². The molecule has 152 valence electrons. The van der Waals surface area contributed by atoms with Gasteiger partial charge in [-0.3, -0.25) is 4.79 Å². The van der Waals surface area contributed by atoms with Crippen molar-refractivity contribution in [3.8, 4) is 11.5 Å². The van der Waals surface area contributed by atoms with Gasteiger partial charge in [-0.05, 0) is 49.3 Å². The number of ether oxygens (including phenoxy) is 2. The first-order valence-electron chi connectivity index (χ1n) is 10.3. The molecule has 3 heterocycles. The average Bonchev–Trinajstić information content (AvgIpc) is 3.37. The van der Waals surface area contributed by atoms with E-state index in [9.17, 15) is 4.79 Å². The lowest BCUT2D eigenvalue weighted by Gasteiger charge is -2.36. The minimum atomic E-state index is -0.124. The van der Waals surface area contributed by atoms with Gasteiger partial charge in [0.05, 0.1) is 11.7 Å². The van der Waals surface area contributed by atoms with E-state index in [0.29, 0.717) is 17.1 Å². The van der Waals surface area contributed by atoms with Crippen LogP contribution in [0.2, 0.25) is 0 Å². The Hall–Kier alpha value is -2.83. The first kappa shape index (κ1) is 18.2. The standard InChI is InChI=1S/C22H26N4O3/c1-22(2)10-16(24-20(27)14-5-6-18-19(9-14)29-13-28-18)15-12-23-21(25-17(15)11-22)26-7-3-4-8-26/h5-6,9,12,16H,3-4,7-8,10-11,13H2,1-2H3,(H,24,27)/t16-/m1/s1. The van der Waals surface area contributed by atoms with Crippen molar-refractivity contribution in [1.29, 1.82) is 0 Å².